The lowest BCUT2D eigenvalue weighted by Gasteiger charge is -2.20. The summed E-state index contributed by atoms with van der Waals surface area (Å²) in [6.07, 6.45) is 0. The summed E-state index contributed by atoms with van der Waals surface area (Å²) in [5.41, 5.74) is 1.79. The number of carbonyl (C=O) groups excluding carboxylic acids is 1. The minimum Gasteiger partial charge on any atom is -0.325 e. The maximum atomic E-state index is 12.2. The van der Waals surface area contributed by atoms with Crippen molar-refractivity contribution in [1.29, 1.82) is 0 Å². The van der Waals surface area contributed by atoms with Crippen molar-refractivity contribution in [2.75, 3.05) is 18.4 Å². The first kappa shape index (κ1) is 16.8. The molecule has 0 bridgehead atoms. The molecule has 0 spiro atoms. The summed E-state index contributed by atoms with van der Waals surface area (Å²) in [6.45, 7) is 3.88. The quantitative estimate of drug-likeness (QED) is 0.844. The monoisotopic (exact) mass is 336 g/mol. The molecule has 0 radical (unpaired) electrons. The van der Waals surface area contributed by atoms with Crippen molar-refractivity contribution < 1.29 is 4.79 Å². The van der Waals surface area contributed by atoms with E-state index in [1.807, 2.05) is 25.1 Å². The van der Waals surface area contributed by atoms with Crippen molar-refractivity contribution in [3.05, 3.63) is 64.1 Å². The molecule has 0 aliphatic heterocycles. The highest BCUT2D eigenvalue weighted by atomic mass is 35.5. The molecule has 0 saturated heterocycles. The van der Waals surface area contributed by atoms with Crippen LogP contribution in [0.5, 0.6) is 0 Å². The molecular weight excluding hydrogens is 319 g/mol. The third-order valence-electron chi connectivity index (χ3n) is 3.21. The topological polar surface area (TPSA) is 32.3 Å². The Morgan fingerprint density at radius 2 is 1.73 bits per heavy atom. The Morgan fingerprint density at radius 3 is 2.32 bits per heavy atom. The second-order valence-electron chi connectivity index (χ2n) is 5.00. The smallest absolute Gasteiger partial charge is 0.238 e. The summed E-state index contributed by atoms with van der Waals surface area (Å²) in [7, 11) is 0. The Balaban J connectivity index is 1.94. The van der Waals surface area contributed by atoms with E-state index in [0.29, 0.717) is 22.3 Å². The summed E-state index contributed by atoms with van der Waals surface area (Å²) in [4.78, 5) is 14.2. The third kappa shape index (κ3) is 5.34. The molecule has 0 aliphatic rings. The van der Waals surface area contributed by atoms with Gasteiger partial charge in [0.1, 0.15) is 0 Å². The van der Waals surface area contributed by atoms with Gasteiger partial charge in [-0.3, -0.25) is 9.69 Å². The summed E-state index contributed by atoms with van der Waals surface area (Å²) in [5.74, 6) is -0.0869. The minimum absolute atomic E-state index is 0.0869. The van der Waals surface area contributed by atoms with Gasteiger partial charge in [-0.1, -0.05) is 60.5 Å². The van der Waals surface area contributed by atoms with Crippen LogP contribution in [0.1, 0.15) is 12.5 Å². The molecule has 0 atom stereocenters. The Kier molecular flexibility index (Phi) is 6.25. The van der Waals surface area contributed by atoms with E-state index in [-0.39, 0.29) is 5.91 Å². The van der Waals surface area contributed by atoms with E-state index in [9.17, 15) is 4.79 Å². The van der Waals surface area contributed by atoms with Gasteiger partial charge in [0.25, 0.3) is 0 Å². The van der Waals surface area contributed by atoms with Crippen LogP contribution in [0.3, 0.4) is 0 Å². The molecule has 0 aliphatic carbocycles. The van der Waals surface area contributed by atoms with Gasteiger partial charge in [-0.25, -0.2) is 0 Å². The molecule has 0 unspecified atom stereocenters. The number of amides is 1. The zero-order chi connectivity index (χ0) is 15.9. The second-order valence-corrected chi connectivity index (χ2v) is 5.87. The van der Waals surface area contributed by atoms with Crippen molar-refractivity contribution in [3.8, 4) is 0 Å². The number of carbonyl (C=O) groups is 1. The predicted octanol–water partition coefficient (Wildman–Crippen LogP) is 4.45. The molecular formula is C17H18Cl2N2O. The fourth-order valence-electron chi connectivity index (χ4n) is 2.15. The SMILES string of the molecule is CCN(CC(=O)Nc1cc(Cl)cc(Cl)c1)Cc1ccccc1. The molecule has 2 aromatic rings. The highest BCUT2D eigenvalue weighted by Gasteiger charge is 2.10. The largest absolute Gasteiger partial charge is 0.325 e. The first-order chi connectivity index (χ1) is 10.6. The van der Waals surface area contributed by atoms with Crippen LogP contribution in [-0.4, -0.2) is 23.9 Å². The lowest BCUT2D eigenvalue weighted by Crippen LogP contribution is -2.32. The van der Waals surface area contributed by atoms with Crippen LogP contribution in [0.25, 0.3) is 0 Å². The maximum absolute atomic E-state index is 12.2. The minimum atomic E-state index is -0.0869. The van der Waals surface area contributed by atoms with Gasteiger partial charge < -0.3 is 5.32 Å². The first-order valence-corrected chi connectivity index (χ1v) is 7.84. The zero-order valence-corrected chi connectivity index (χ0v) is 13.9. The van der Waals surface area contributed by atoms with E-state index < -0.39 is 0 Å². The van der Waals surface area contributed by atoms with E-state index in [0.717, 1.165) is 13.1 Å². The number of hydrogen-bond acceptors (Lipinski definition) is 2. The molecule has 0 fully saturated rings. The van der Waals surface area contributed by atoms with Gasteiger partial charge in [-0.15, -0.1) is 0 Å². The molecule has 3 nitrogen and oxygen atoms in total. The fraction of sp³-hybridized carbons (Fsp3) is 0.235. The van der Waals surface area contributed by atoms with Gasteiger partial charge in [0.2, 0.25) is 5.91 Å². The third-order valence-corrected chi connectivity index (χ3v) is 3.65. The van der Waals surface area contributed by atoms with Crippen molar-refractivity contribution in [2.24, 2.45) is 0 Å². The molecule has 0 heterocycles. The van der Waals surface area contributed by atoms with E-state index in [4.69, 9.17) is 23.2 Å². The number of rotatable bonds is 6. The number of nitrogens with one attached hydrogen (secondary N) is 1. The van der Waals surface area contributed by atoms with E-state index in [2.05, 4.69) is 22.3 Å². The van der Waals surface area contributed by atoms with Crippen LogP contribution in [0.15, 0.2) is 48.5 Å². The molecule has 1 amide bonds. The molecule has 116 valence electrons. The van der Waals surface area contributed by atoms with Crippen molar-refractivity contribution in [2.45, 2.75) is 13.5 Å². The van der Waals surface area contributed by atoms with Gasteiger partial charge in [0.05, 0.1) is 6.54 Å². The van der Waals surface area contributed by atoms with Crippen LogP contribution in [0.2, 0.25) is 10.0 Å². The molecule has 2 aromatic carbocycles. The summed E-state index contributed by atoms with van der Waals surface area (Å²) in [5, 5.41) is 3.82. The van der Waals surface area contributed by atoms with Crippen LogP contribution < -0.4 is 5.32 Å². The Labute approximate surface area is 140 Å². The van der Waals surface area contributed by atoms with Crippen molar-refractivity contribution >= 4 is 34.8 Å². The van der Waals surface area contributed by atoms with Crippen molar-refractivity contribution in [1.82, 2.24) is 4.90 Å². The number of hydrogen-bond donors (Lipinski definition) is 1. The van der Waals surface area contributed by atoms with Crippen molar-refractivity contribution in [3.63, 3.8) is 0 Å². The number of nitrogens with zero attached hydrogens (tertiary/aromatic N) is 1. The molecule has 2 rings (SSSR count). The van der Waals surface area contributed by atoms with Crippen LogP contribution >= 0.6 is 23.2 Å². The number of likely N-dealkylation sites (N-methyl/N-ethyl adjacent to an activating group) is 1. The fourth-order valence-corrected chi connectivity index (χ4v) is 2.68. The highest BCUT2D eigenvalue weighted by molar-refractivity contribution is 6.35. The molecule has 22 heavy (non-hydrogen) atoms. The standard InChI is InChI=1S/C17H18Cl2N2O/c1-2-21(11-13-6-4-3-5-7-13)12-17(22)20-16-9-14(18)8-15(19)10-16/h3-10H,2,11-12H2,1H3,(H,20,22). The maximum Gasteiger partial charge on any atom is 0.238 e. The van der Waals surface area contributed by atoms with Gasteiger partial charge in [0, 0.05) is 22.3 Å². The summed E-state index contributed by atoms with van der Waals surface area (Å²) in [6, 6.07) is 15.1. The lowest BCUT2D eigenvalue weighted by molar-refractivity contribution is -0.117. The van der Waals surface area contributed by atoms with E-state index in [1.54, 1.807) is 18.2 Å². The van der Waals surface area contributed by atoms with Crippen LogP contribution in [0, 0.1) is 0 Å². The lowest BCUT2D eigenvalue weighted by atomic mass is 10.2. The summed E-state index contributed by atoms with van der Waals surface area (Å²) < 4.78 is 0. The van der Waals surface area contributed by atoms with Gasteiger partial charge >= 0.3 is 0 Å². The number of halogens is 2. The average molecular weight is 337 g/mol. The average Bonchev–Trinajstić information content (AvgIpc) is 2.46. The molecule has 1 N–H and O–H groups in total. The van der Waals surface area contributed by atoms with Gasteiger partial charge in [0.15, 0.2) is 0 Å². The van der Waals surface area contributed by atoms with Gasteiger partial charge in [-0.2, -0.15) is 0 Å². The Hall–Kier alpha value is -1.55. The predicted molar refractivity (Wildman–Crippen MR) is 92.5 cm³/mol. The normalized spacial score (nSPS) is 10.7. The van der Waals surface area contributed by atoms with Gasteiger partial charge in [-0.05, 0) is 30.3 Å². The Bertz CT molecular complexity index is 612. The molecule has 0 aromatic heterocycles. The van der Waals surface area contributed by atoms with E-state index in [1.165, 1.54) is 5.56 Å². The zero-order valence-electron chi connectivity index (χ0n) is 12.4. The molecule has 5 heteroatoms. The molecule has 0 saturated carbocycles. The summed E-state index contributed by atoms with van der Waals surface area (Å²) >= 11 is 11.9. The van der Waals surface area contributed by atoms with Crippen LogP contribution in [-0.2, 0) is 11.3 Å². The number of benzene rings is 2. The van der Waals surface area contributed by atoms with E-state index >= 15 is 0 Å². The van der Waals surface area contributed by atoms with Crippen LogP contribution in [0.4, 0.5) is 5.69 Å². The second kappa shape index (κ2) is 8.18. The first-order valence-electron chi connectivity index (χ1n) is 7.09. The Morgan fingerprint density at radius 1 is 1.09 bits per heavy atom. The number of anilines is 1. The highest BCUT2D eigenvalue weighted by Crippen LogP contribution is 2.22.